The summed E-state index contributed by atoms with van der Waals surface area (Å²) in [5, 5.41) is 4.87. The van der Waals surface area contributed by atoms with E-state index in [1.54, 1.807) is 6.07 Å². The Labute approximate surface area is 112 Å². The van der Waals surface area contributed by atoms with Gasteiger partial charge in [-0.05, 0) is 43.5 Å². The van der Waals surface area contributed by atoms with Crippen LogP contribution in [0.1, 0.15) is 25.3 Å². The van der Waals surface area contributed by atoms with Crippen molar-refractivity contribution in [1.29, 1.82) is 0 Å². The first-order valence-electron chi connectivity index (χ1n) is 5.36. The monoisotopic (exact) mass is 279 g/mol. The van der Waals surface area contributed by atoms with Crippen molar-refractivity contribution in [2.24, 2.45) is 0 Å². The van der Waals surface area contributed by atoms with Crippen molar-refractivity contribution in [3.8, 4) is 0 Å². The second-order valence-electron chi connectivity index (χ2n) is 3.85. The van der Waals surface area contributed by atoms with Crippen LogP contribution in [0, 0.1) is 0 Å². The van der Waals surface area contributed by atoms with E-state index in [2.05, 4.69) is 12.2 Å². The summed E-state index contributed by atoms with van der Waals surface area (Å²) in [7, 11) is 0. The Kier molecular flexibility index (Phi) is 6.52. The van der Waals surface area contributed by atoms with Crippen LogP contribution < -0.4 is 5.32 Å². The normalized spacial score (nSPS) is 12.8. The molecule has 16 heavy (non-hydrogen) atoms. The lowest BCUT2D eigenvalue weighted by Crippen LogP contribution is -2.25. The van der Waals surface area contributed by atoms with Gasteiger partial charge in [0.2, 0.25) is 0 Å². The van der Waals surface area contributed by atoms with E-state index in [0.29, 0.717) is 11.9 Å². The molecule has 0 fully saturated rings. The molecule has 1 nitrogen and oxygen atoms in total. The molecular formula is C12H16Cl3N. The zero-order valence-electron chi connectivity index (χ0n) is 9.27. The van der Waals surface area contributed by atoms with Gasteiger partial charge in [0.1, 0.15) is 0 Å². The highest BCUT2D eigenvalue weighted by atomic mass is 35.5. The van der Waals surface area contributed by atoms with Gasteiger partial charge in [-0.2, -0.15) is 0 Å². The second kappa shape index (κ2) is 7.39. The molecule has 0 aliphatic carbocycles. The van der Waals surface area contributed by atoms with E-state index < -0.39 is 0 Å². The van der Waals surface area contributed by atoms with Gasteiger partial charge < -0.3 is 5.32 Å². The number of rotatable bonds is 6. The van der Waals surface area contributed by atoms with Crippen LogP contribution >= 0.6 is 34.8 Å². The molecule has 1 unspecified atom stereocenters. The van der Waals surface area contributed by atoms with Crippen molar-refractivity contribution in [2.45, 2.75) is 32.4 Å². The van der Waals surface area contributed by atoms with Gasteiger partial charge in [0, 0.05) is 28.5 Å². The highest BCUT2D eigenvalue weighted by Gasteiger charge is 2.04. The number of alkyl halides is 1. The number of benzene rings is 1. The fourth-order valence-corrected chi connectivity index (χ4v) is 1.98. The van der Waals surface area contributed by atoms with E-state index in [9.17, 15) is 0 Å². The largest absolute Gasteiger partial charge is 0.310 e. The molecule has 0 aliphatic heterocycles. The average Bonchev–Trinajstić information content (AvgIpc) is 2.27. The molecule has 0 heterocycles. The smallest absolute Gasteiger partial charge is 0.0451 e. The molecule has 0 radical (unpaired) electrons. The number of nitrogens with one attached hydrogen (secondary N) is 1. The molecule has 1 aromatic carbocycles. The molecule has 0 amide bonds. The van der Waals surface area contributed by atoms with Crippen LogP contribution in [0.2, 0.25) is 10.0 Å². The van der Waals surface area contributed by atoms with Gasteiger partial charge in [0.25, 0.3) is 0 Å². The number of hydrogen-bond acceptors (Lipinski definition) is 1. The van der Waals surface area contributed by atoms with E-state index in [-0.39, 0.29) is 0 Å². The molecule has 0 saturated heterocycles. The predicted molar refractivity (Wildman–Crippen MR) is 72.7 cm³/mol. The Morgan fingerprint density at radius 2 is 2.06 bits per heavy atom. The van der Waals surface area contributed by atoms with Crippen molar-refractivity contribution in [3.63, 3.8) is 0 Å². The minimum Gasteiger partial charge on any atom is -0.310 e. The van der Waals surface area contributed by atoms with Gasteiger partial charge in [-0.1, -0.05) is 23.2 Å². The molecule has 90 valence electrons. The maximum Gasteiger partial charge on any atom is 0.0451 e. The molecule has 1 aromatic rings. The third-order valence-corrected chi connectivity index (χ3v) is 3.29. The Morgan fingerprint density at radius 3 is 2.75 bits per heavy atom. The third kappa shape index (κ3) is 4.92. The van der Waals surface area contributed by atoms with Crippen LogP contribution in [0.5, 0.6) is 0 Å². The molecule has 4 heteroatoms. The molecule has 0 bridgehead atoms. The molecule has 1 atom stereocenters. The predicted octanol–water partition coefficient (Wildman–Crippen LogP) is 4.49. The fourth-order valence-electron chi connectivity index (χ4n) is 1.45. The van der Waals surface area contributed by atoms with Crippen molar-refractivity contribution in [2.75, 3.05) is 5.88 Å². The molecule has 0 spiro atoms. The highest BCUT2D eigenvalue weighted by molar-refractivity contribution is 6.33. The van der Waals surface area contributed by atoms with Gasteiger partial charge >= 0.3 is 0 Å². The minimum absolute atomic E-state index is 0.439. The summed E-state index contributed by atoms with van der Waals surface area (Å²) in [6.07, 6.45) is 2.10. The first-order valence-corrected chi connectivity index (χ1v) is 6.66. The van der Waals surface area contributed by atoms with Crippen molar-refractivity contribution in [1.82, 2.24) is 5.32 Å². The summed E-state index contributed by atoms with van der Waals surface area (Å²) in [6.45, 7) is 2.88. The topological polar surface area (TPSA) is 12.0 Å². The van der Waals surface area contributed by atoms with Crippen LogP contribution in [0.4, 0.5) is 0 Å². The maximum atomic E-state index is 6.06. The first-order chi connectivity index (χ1) is 7.63. The van der Waals surface area contributed by atoms with E-state index in [4.69, 9.17) is 34.8 Å². The standard InChI is InChI=1S/C12H16Cl3N/c1-9(3-2-6-13)16-8-10-7-11(14)4-5-12(10)15/h4-5,7,9,16H,2-3,6,8H2,1H3. The summed E-state index contributed by atoms with van der Waals surface area (Å²) in [5.41, 5.74) is 1.03. The van der Waals surface area contributed by atoms with Crippen molar-refractivity contribution in [3.05, 3.63) is 33.8 Å². The average molecular weight is 281 g/mol. The fraction of sp³-hybridized carbons (Fsp3) is 0.500. The van der Waals surface area contributed by atoms with Gasteiger partial charge in [-0.15, -0.1) is 11.6 Å². The van der Waals surface area contributed by atoms with Crippen molar-refractivity contribution < 1.29 is 0 Å². The van der Waals surface area contributed by atoms with E-state index in [0.717, 1.165) is 35.0 Å². The third-order valence-electron chi connectivity index (χ3n) is 2.42. The molecular weight excluding hydrogens is 264 g/mol. The number of hydrogen-bond donors (Lipinski definition) is 1. The second-order valence-corrected chi connectivity index (χ2v) is 5.07. The summed E-state index contributed by atoms with van der Waals surface area (Å²) >= 11 is 17.6. The van der Waals surface area contributed by atoms with Crippen LogP contribution in [-0.2, 0) is 6.54 Å². The Morgan fingerprint density at radius 1 is 1.31 bits per heavy atom. The first kappa shape index (κ1) is 14.1. The number of halogens is 3. The van der Waals surface area contributed by atoms with E-state index in [1.807, 2.05) is 12.1 Å². The van der Waals surface area contributed by atoms with Crippen LogP contribution in [0.25, 0.3) is 0 Å². The maximum absolute atomic E-state index is 6.06. The van der Waals surface area contributed by atoms with Gasteiger partial charge in [0.15, 0.2) is 0 Å². The summed E-state index contributed by atoms with van der Waals surface area (Å²) in [5.74, 6) is 0.712. The Bertz CT molecular complexity index is 328. The van der Waals surface area contributed by atoms with Gasteiger partial charge in [-0.3, -0.25) is 0 Å². The minimum atomic E-state index is 0.439. The summed E-state index contributed by atoms with van der Waals surface area (Å²) in [4.78, 5) is 0. The Balaban J connectivity index is 2.44. The highest BCUT2D eigenvalue weighted by Crippen LogP contribution is 2.20. The molecule has 0 aliphatic rings. The summed E-state index contributed by atoms with van der Waals surface area (Å²) < 4.78 is 0. The Hall–Kier alpha value is 0.0500. The van der Waals surface area contributed by atoms with Crippen LogP contribution in [0.3, 0.4) is 0 Å². The lowest BCUT2D eigenvalue weighted by atomic mass is 10.1. The van der Waals surface area contributed by atoms with Crippen molar-refractivity contribution >= 4 is 34.8 Å². The zero-order valence-corrected chi connectivity index (χ0v) is 11.5. The quantitative estimate of drug-likeness (QED) is 0.757. The van der Waals surface area contributed by atoms with Gasteiger partial charge in [0.05, 0.1) is 0 Å². The lowest BCUT2D eigenvalue weighted by Gasteiger charge is -2.13. The lowest BCUT2D eigenvalue weighted by molar-refractivity contribution is 0.509. The molecule has 0 aromatic heterocycles. The van der Waals surface area contributed by atoms with E-state index in [1.165, 1.54) is 0 Å². The molecule has 1 rings (SSSR count). The summed E-state index contributed by atoms with van der Waals surface area (Å²) in [6, 6.07) is 5.95. The molecule has 0 saturated carbocycles. The molecule has 1 N–H and O–H groups in total. The zero-order chi connectivity index (χ0) is 12.0. The van der Waals surface area contributed by atoms with Crippen LogP contribution in [-0.4, -0.2) is 11.9 Å². The van der Waals surface area contributed by atoms with Crippen LogP contribution in [0.15, 0.2) is 18.2 Å². The van der Waals surface area contributed by atoms with E-state index >= 15 is 0 Å². The SMILES string of the molecule is CC(CCCCl)NCc1cc(Cl)ccc1Cl. The van der Waals surface area contributed by atoms with Gasteiger partial charge in [-0.25, -0.2) is 0 Å².